The number of hydrogen-bond acceptors (Lipinski definition) is 1. The summed E-state index contributed by atoms with van der Waals surface area (Å²) in [6, 6.07) is 0. The standard InChI is InChI=1S/C6H9ClO2/c1-2-3-4-5(7)6(8)9/h4H,2-3H2,1H3,(H,8,9)/b5-4-. The van der Waals surface area contributed by atoms with Crippen LogP contribution in [0, 0.1) is 0 Å². The summed E-state index contributed by atoms with van der Waals surface area (Å²) in [7, 11) is 0. The SMILES string of the molecule is CCC/C=C(\Cl)C(=O)O. The molecule has 0 aromatic rings. The van der Waals surface area contributed by atoms with Crippen LogP contribution in [0.2, 0.25) is 0 Å². The number of unbranched alkanes of at least 4 members (excludes halogenated alkanes) is 1. The van der Waals surface area contributed by atoms with E-state index in [0.717, 1.165) is 12.8 Å². The average Bonchev–Trinajstić information content (AvgIpc) is 1.82. The maximum Gasteiger partial charge on any atom is 0.346 e. The monoisotopic (exact) mass is 148 g/mol. The molecule has 0 atom stereocenters. The third-order valence-corrected chi connectivity index (χ3v) is 1.13. The van der Waals surface area contributed by atoms with E-state index in [1.807, 2.05) is 6.92 Å². The van der Waals surface area contributed by atoms with Crippen molar-refractivity contribution in [2.75, 3.05) is 0 Å². The van der Waals surface area contributed by atoms with Gasteiger partial charge in [0.25, 0.3) is 0 Å². The maximum absolute atomic E-state index is 10.0. The van der Waals surface area contributed by atoms with Gasteiger partial charge in [0, 0.05) is 0 Å². The van der Waals surface area contributed by atoms with Gasteiger partial charge in [-0.3, -0.25) is 0 Å². The van der Waals surface area contributed by atoms with Crippen molar-refractivity contribution in [2.24, 2.45) is 0 Å². The average molecular weight is 149 g/mol. The number of carboxylic acids is 1. The Hall–Kier alpha value is -0.500. The second-order valence-electron chi connectivity index (χ2n) is 1.65. The molecule has 1 N–H and O–H groups in total. The van der Waals surface area contributed by atoms with Crippen molar-refractivity contribution < 1.29 is 9.90 Å². The van der Waals surface area contributed by atoms with Crippen LogP contribution < -0.4 is 0 Å². The van der Waals surface area contributed by atoms with Gasteiger partial charge < -0.3 is 5.11 Å². The summed E-state index contributed by atoms with van der Waals surface area (Å²) in [5, 5.41) is 8.12. The van der Waals surface area contributed by atoms with E-state index in [4.69, 9.17) is 16.7 Å². The molecule has 0 heterocycles. The zero-order valence-electron chi connectivity index (χ0n) is 5.22. The normalized spacial score (nSPS) is 11.6. The van der Waals surface area contributed by atoms with Crippen LogP contribution in [0.5, 0.6) is 0 Å². The van der Waals surface area contributed by atoms with Crippen molar-refractivity contribution in [3.63, 3.8) is 0 Å². The van der Waals surface area contributed by atoms with Crippen LogP contribution >= 0.6 is 11.6 Å². The third-order valence-electron chi connectivity index (χ3n) is 0.817. The van der Waals surface area contributed by atoms with Gasteiger partial charge >= 0.3 is 5.97 Å². The van der Waals surface area contributed by atoms with E-state index in [1.54, 1.807) is 0 Å². The summed E-state index contributed by atoms with van der Waals surface area (Å²) in [4.78, 5) is 10.0. The first kappa shape index (κ1) is 8.50. The molecule has 0 aliphatic rings. The van der Waals surface area contributed by atoms with Gasteiger partial charge in [-0.1, -0.05) is 31.0 Å². The lowest BCUT2D eigenvalue weighted by atomic mass is 10.3. The zero-order chi connectivity index (χ0) is 7.28. The van der Waals surface area contributed by atoms with E-state index in [1.165, 1.54) is 6.08 Å². The fraction of sp³-hybridized carbons (Fsp3) is 0.500. The molecule has 2 nitrogen and oxygen atoms in total. The highest BCUT2D eigenvalue weighted by atomic mass is 35.5. The van der Waals surface area contributed by atoms with Crippen molar-refractivity contribution in [1.82, 2.24) is 0 Å². The van der Waals surface area contributed by atoms with E-state index in [-0.39, 0.29) is 5.03 Å². The maximum atomic E-state index is 10.0. The predicted molar refractivity (Wildman–Crippen MR) is 36.5 cm³/mol. The van der Waals surface area contributed by atoms with Crippen molar-refractivity contribution in [3.8, 4) is 0 Å². The molecule has 52 valence electrons. The lowest BCUT2D eigenvalue weighted by Crippen LogP contribution is -1.92. The van der Waals surface area contributed by atoms with Gasteiger partial charge in [-0.2, -0.15) is 0 Å². The first-order valence-corrected chi connectivity index (χ1v) is 3.15. The van der Waals surface area contributed by atoms with E-state index in [9.17, 15) is 4.79 Å². The van der Waals surface area contributed by atoms with Gasteiger partial charge in [0.15, 0.2) is 0 Å². The largest absolute Gasteiger partial charge is 0.477 e. The summed E-state index contributed by atoms with van der Waals surface area (Å²) >= 11 is 5.26. The minimum absolute atomic E-state index is 0.0862. The Kier molecular flexibility index (Phi) is 4.14. The van der Waals surface area contributed by atoms with Crippen LogP contribution in [0.4, 0.5) is 0 Å². The fourth-order valence-electron chi connectivity index (χ4n) is 0.358. The van der Waals surface area contributed by atoms with Crippen molar-refractivity contribution in [3.05, 3.63) is 11.1 Å². The van der Waals surface area contributed by atoms with E-state index >= 15 is 0 Å². The van der Waals surface area contributed by atoms with Gasteiger partial charge in [0.05, 0.1) is 0 Å². The van der Waals surface area contributed by atoms with Gasteiger partial charge in [-0.25, -0.2) is 4.79 Å². The molecule has 0 aliphatic heterocycles. The molecule has 9 heavy (non-hydrogen) atoms. The number of aliphatic carboxylic acids is 1. The van der Waals surface area contributed by atoms with Crippen molar-refractivity contribution in [1.29, 1.82) is 0 Å². The minimum atomic E-state index is -1.05. The number of hydrogen-bond donors (Lipinski definition) is 1. The van der Waals surface area contributed by atoms with Gasteiger partial charge in [0.2, 0.25) is 0 Å². The van der Waals surface area contributed by atoms with Crippen molar-refractivity contribution in [2.45, 2.75) is 19.8 Å². The molecule has 0 unspecified atom stereocenters. The Bertz CT molecular complexity index is 129. The predicted octanol–water partition coefficient (Wildman–Crippen LogP) is 1.99. The summed E-state index contributed by atoms with van der Waals surface area (Å²) < 4.78 is 0. The summed E-state index contributed by atoms with van der Waals surface area (Å²) in [5.41, 5.74) is 0. The Morgan fingerprint density at radius 1 is 1.78 bits per heavy atom. The highest BCUT2D eigenvalue weighted by Crippen LogP contribution is 2.03. The minimum Gasteiger partial charge on any atom is -0.477 e. The van der Waals surface area contributed by atoms with E-state index in [2.05, 4.69) is 0 Å². The summed E-state index contributed by atoms with van der Waals surface area (Å²) in [6.07, 6.45) is 3.15. The number of rotatable bonds is 3. The van der Waals surface area contributed by atoms with Crippen LogP contribution in [0.3, 0.4) is 0 Å². The number of carbonyl (C=O) groups is 1. The van der Waals surface area contributed by atoms with E-state index in [0.29, 0.717) is 0 Å². The van der Waals surface area contributed by atoms with Crippen LogP contribution in [0.15, 0.2) is 11.1 Å². The molecular formula is C6H9ClO2. The number of halogens is 1. The lowest BCUT2D eigenvalue weighted by Gasteiger charge is -1.87. The molecule has 0 fully saturated rings. The molecule has 0 aromatic carbocycles. The fourth-order valence-corrected chi connectivity index (χ4v) is 0.467. The highest BCUT2D eigenvalue weighted by molar-refractivity contribution is 6.40. The summed E-state index contributed by atoms with van der Waals surface area (Å²) in [6.45, 7) is 1.96. The number of carboxylic acid groups (broad SMARTS) is 1. The Labute approximate surface area is 59.1 Å². The first-order chi connectivity index (χ1) is 4.18. The molecule has 0 spiro atoms. The van der Waals surface area contributed by atoms with Crippen LogP contribution in [0.1, 0.15) is 19.8 Å². The second kappa shape index (κ2) is 4.39. The Morgan fingerprint density at radius 3 is 2.67 bits per heavy atom. The molecule has 0 rings (SSSR count). The number of allylic oxidation sites excluding steroid dienone is 1. The van der Waals surface area contributed by atoms with Crippen LogP contribution in [0.25, 0.3) is 0 Å². The molecule has 0 saturated carbocycles. The molecular weight excluding hydrogens is 140 g/mol. The highest BCUT2D eigenvalue weighted by Gasteiger charge is 1.99. The molecule has 0 bridgehead atoms. The quantitative estimate of drug-likeness (QED) is 0.622. The Balaban J connectivity index is 3.69. The van der Waals surface area contributed by atoms with E-state index < -0.39 is 5.97 Å². The second-order valence-corrected chi connectivity index (χ2v) is 2.05. The van der Waals surface area contributed by atoms with Crippen LogP contribution in [-0.2, 0) is 4.79 Å². The Morgan fingerprint density at radius 2 is 2.33 bits per heavy atom. The molecule has 0 amide bonds. The van der Waals surface area contributed by atoms with Gasteiger partial charge in [-0.15, -0.1) is 0 Å². The smallest absolute Gasteiger partial charge is 0.346 e. The zero-order valence-corrected chi connectivity index (χ0v) is 5.98. The topological polar surface area (TPSA) is 37.3 Å². The van der Waals surface area contributed by atoms with Gasteiger partial charge in [-0.05, 0) is 6.42 Å². The molecule has 0 aliphatic carbocycles. The molecule has 0 radical (unpaired) electrons. The molecule has 0 saturated heterocycles. The summed E-state index contributed by atoms with van der Waals surface area (Å²) in [5.74, 6) is -1.05. The third kappa shape index (κ3) is 4.03. The molecule has 0 aromatic heterocycles. The van der Waals surface area contributed by atoms with Gasteiger partial charge in [0.1, 0.15) is 5.03 Å². The lowest BCUT2D eigenvalue weighted by molar-refractivity contribution is -0.131. The van der Waals surface area contributed by atoms with Crippen LogP contribution in [-0.4, -0.2) is 11.1 Å². The molecule has 3 heteroatoms. The first-order valence-electron chi connectivity index (χ1n) is 2.77. The van der Waals surface area contributed by atoms with Crippen molar-refractivity contribution >= 4 is 17.6 Å².